The Morgan fingerprint density at radius 3 is 2.79 bits per heavy atom. The van der Waals surface area contributed by atoms with Gasteiger partial charge in [-0.15, -0.1) is 17.5 Å². The molecule has 3 N–H and O–H groups in total. The van der Waals surface area contributed by atoms with Crippen LogP contribution in [0.25, 0.3) is 5.69 Å². The van der Waals surface area contributed by atoms with Crippen LogP contribution in [0, 0.1) is 0 Å². The van der Waals surface area contributed by atoms with E-state index in [2.05, 4.69) is 36.8 Å². The van der Waals surface area contributed by atoms with E-state index in [1.54, 1.807) is 16.4 Å². The summed E-state index contributed by atoms with van der Waals surface area (Å²) in [6, 6.07) is 15.4. The van der Waals surface area contributed by atoms with Gasteiger partial charge in [0.25, 0.3) is 5.91 Å². The van der Waals surface area contributed by atoms with Gasteiger partial charge in [-0.25, -0.2) is 0 Å². The number of para-hydroxylation sites is 1. The summed E-state index contributed by atoms with van der Waals surface area (Å²) in [6.45, 7) is 1.19. The van der Waals surface area contributed by atoms with Crippen LogP contribution in [-0.4, -0.2) is 45.0 Å². The van der Waals surface area contributed by atoms with E-state index in [4.69, 9.17) is 10.5 Å². The van der Waals surface area contributed by atoms with Gasteiger partial charge in [-0.2, -0.15) is 4.68 Å². The van der Waals surface area contributed by atoms with Crippen LogP contribution in [-0.2, 0) is 11.3 Å². The smallest absolute Gasteiger partial charge is 0.255 e. The molecule has 0 aliphatic rings. The number of ether oxygens (including phenoxy) is 1. The maximum atomic E-state index is 10.9. The molecular weight excluding hydrogens is 480 g/mol. The Labute approximate surface area is 187 Å². The summed E-state index contributed by atoms with van der Waals surface area (Å²) in [5.41, 5.74) is 7.01. The van der Waals surface area contributed by atoms with Crippen molar-refractivity contribution >= 4 is 46.0 Å². The van der Waals surface area contributed by atoms with E-state index in [-0.39, 0.29) is 19.0 Å². The number of benzene rings is 2. The minimum absolute atomic E-state index is 0. The summed E-state index contributed by atoms with van der Waals surface area (Å²) in [5.74, 6) is 0.920. The molecular formula is C18H20BrClN6O2S. The fourth-order valence-electron chi connectivity index (χ4n) is 2.41. The highest BCUT2D eigenvalue weighted by Crippen LogP contribution is 2.23. The zero-order valence-corrected chi connectivity index (χ0v) is 18.5. The number of hydrogen-bond donors (Lipinski definition) is 2. The van der Waals surface area contributed by atoms with Gasteiger partial charge >= 0.3 is 0 Å². The number of primary amides is 1. The number of amides is 1. The zero-order chi connectivity index (χ0) is 19.8. The Morgan fingerprint density at radius 1 is 1.24 bits per heavy atom. The number of aromatic nitrogens is 4. The molecule has 0 saturated heterocycles. The molecule has 2 aromatic carbocycles. The second kappa shape index (κ2) is 11.8. The molecule has 8 nitrogen and oxygen atoms in total. The zero-order valence-electron chi connectivity index (χ0n) is 15.3. The largest absolute Gasteiger partial charge is 0.483 e. The van der Waals surface area contributed by atoms with Crippen molar-refractivity contribution in [2.24, 2.45) is 5.73 Å². The highest BCUT2D eigenvalue weighted by molar-refractivity contribution is 9.10. The molecule has 154 valence electrons. The van der Waals surface area contributed by atoms with Gasteiger partial charge in [0, 0.05) is 28.9 Å². The van der Waals surface area contributed by atoms with E-state index in [0.29, 0.717) is 12.3 Å². The maximum Gasteiger partial charge on any atom is 0.255 e. The molecule has 0 unspecified atom stereocenters. The fourth-order valence-corrected chi connectivity index (χ4v) is 3.61. The monoisotopic (exact) mass is 498 g/mol. The van der Waals surface area contributed by atoms with Crippen LogP contribution in [0.15, 0.2) is 58.2 Å². The summed E-state index contributed by atoms with van der Waals surface area (Å²) < 4.78 is 8.12. The lowest BCUT2D eigenvalue weighted by Gasteiger charge is -2.12. The average molecular weight is 500 g/mol. The summed E-state index contributed by atoms with van der Waals surface area (Å²) in [7, 11) is 0. The Morgan fingerprint density at radius 2 is 2.03 bits per heavy atom. The van der Waals surface area contributed by atoms with E-state index >= 15 is 0 Å². The van der Waals surface area contributed by atoms with Crippen molar-refractivity contribution in [3.05, 3.63) is 58.6 Å². The first kappa shape index (κ1) is 23.1. The van der Waals surface area contributed by atoms with Crippen LogP contribution in [0.5, 0.6) is 5.75 Å². The molecule has 3 rings (SSSR count). The number of nitrogens with one attached hydrogen (secondary N) is 1. The van der Waals surface area contributed by atoms with Crippen molar-refractivity contribution < 1.29 is 9.53 Å². The Bertz CT molecular complexity index is 928. The summed E-state index contributed by atoms with van der Waals surface area (Å²) in [5, 5.41) is 16.0. The third-order valence-electron chi connectivity index (χ3n) is 3.66. The van der Waals surface area contributed by atoms with Gasteiger partial charge in [0.15, 0.2) is 6.61 Å². The van der Waals surface area contributed by atoms with Gasteiger partial charge in [-0.3, -0.25) is 4.79 Å². The van der Waals surface area contributed by atoms with Gasteiger partial charge in [-0.1, -0.05) is 45.9 Å². The first-order valence-electron chi connectivity index (χ1n) is 8.50. The molecule has 1 aromatic heterocycles. The number of hydrogen-bond acceptors (Lipinski definition) is 7. The van der Waals surface area contributed by atoms with Crippen LogP contribution in [0.2, 0.25) is 0 Å². The average Bonchev–Trinajstić information content (AvgIpc) is 3.16. The number of thioether (sulfide) groups is 1. The van der Waals surface area contributed by atoms with E-state index in [0.717, 1.165) is 33.2 Å². The molecule has 29 heavy (non-hydrogen) atoms. The van der Waals surface area contributed by atoms with Crippen LogP contribution >= 0.6 is 40.1 Å². The number of nitrogens with two attached hydrogens (primary N) is 1. The minimum atomic E-state index is -0.505. The fraction of sp³-hybridized carbons (Fsp3) is 0.222. The molecule has 0 radical (unpaired) electrons. The van der Waals surface area contributed by atoms with E-state index in [1.165, 1.54) is 0 Å². The van der Waals surface area contributed by atoms with Crippen LogP contribution < -0.4 is 15.8 Å². The number of tetrazole rings is 1. The second-order valence-corrected chi connectivity index (χ2v) is 7.72. The van der Waals surface area contributed by atoms with Gasteiger partial charge in [0.05, 0.1) is 5.69 Å². The molecule has 0 aliphatic heterocycles. The van der Waals surface area contributed by atoms with Gasteiger partial charge in [0.1, 0.15) is 5.75 Å². The van der Waals surface area contributed by atoms with Crippen LogP contribution in [0.1, 0.15) is 5.56 Å². The van der Waals surface area contributed by atoms with Crippen molar-refractivity contribution in [1.29, 1.82) is 0 Å². The molecule has 0 saturated carbocycles. The molecule has 0 spiro atoms. The van der Waals surface area contributed by atoms with Crippen molar-refractivity contribution in [3.8, 4) is 11.4 Å². The number of carbonyl (C=O) groups excluding carboxylic acids is 1. The number of carbonyl (C=O) groups is 1. The van der Waals surface area contributed by atoms with Crippen molar-refractivity contribution in [3.63, 3.8) is 0 Å². The number of halogens is 2. The predicted molar refractivity (Wildman–Crippen MR) is 118 cm³/mol. The predicted octanol–water partition coefficient (Wildman–Crippen LogP) is 2.59. The standard InChI is InChI=1S/C18H19BrN6O2S.ClH/c19-14-6-7-16(27-12-17(20)26)13(10-14)11-21-8-9-28-18-22-23-24-25(18)15-4-2-1-3-5-15;/h1-7,10,21H,8-9,11-12H2,(H2,20,26);1H. The minimum Gasteiger partial charge on any atom is -0.483 e. The lowest BCUT2D eigenvalue weighted by atomic mass is 10.2. The number of nitrogens with zero attached hydrogens (tertiary/aromatic N) is 4. The van der Waals surface area contributed by atoms with Crippen LogP contribution in [0.4, 0.5) is 0 Å². The summed E-state index contributed by atoms with van der Waals surface area (Å²) in [4.78, 5) is 10.9. The number of rotatable bonds is 10. The third-order valence-corrected chi connectivity index (χ3v) is 5.07. The highest BCUT2D eigenvalue weighted by Gasteiger charge is 2.09. The quantitative estimate of drug-likeness (QED) is 0.326. The Balaban J connectivity index is 0.00000300. The second-order valence-electron chi connectivity index (χ2n) is 5.74. The Kier molecular flexibility index (Phi) is 9.39. The molecule has 0 bridgehead atoms. The summed E-state index contributed by atoms with van der Waals surface area (Å²) in [6.07, 6.45) is 0. The molecule has 1 amide bonds. The maximum absolute atomic E-state index is 10.9. The first-order chi connectivity index (χ1) is 13.6. The van der Waals surface area contributed by atoms with Gasteiger partial charge in [-0.05, 0) is 40.8 Å². The SMILES string of the molecule is Cl.NC(=O)COc1ccc(Br)cc1CNCCSc1nnnn1-c1ccccc1. The molecule has 3 aromatic rings. The lowest BCUT2D eigenvalue weighted by molar-refractivity contribution is -0.119. The normalized spacial score (nSPS) is 10.4. The molecule has 11 heteroatoms. The molecule has 0 aliphatic carbocycles. The Hall–Kier alpha value is -2.14. The van der Waals surface area contributed by atoms with Gasteiger partial charge < -0.3 is 15.8 Å². The molecule has 0 fully saturated rings. The summed E-state index contributed by atoms with van der Waals surface area (Å²) >= 11 is 5.02. The van der Waals surface area contributed by atoms with E-state index in [9.17, 15) is 4.79 Å². The van der Waals surface area contributed by atoms with Crippen molar-refractivity contribution in [2.45, 2.75) is 11.7 Å². The van der Waals surface area contributed by atoms with Gasteiger partial charge in [0.2, 0.25) is 5.16 Å². The van der Waals surface area contributed by atoms with E-state index < -0.39 is 5.91 Å². The third kappa shape index (κ3) is 7.00. The molecule has 0 atom stereocenters. The molecule has 1 heterocycles. The van der Waals surface area contributed by atoms with Crippen LogP contribution in [0.3, 0.4) is 0 Å². The topological polar surface area (TPSA) is 108 Å². The first-order valence-corrected chi connectivity index (χ1v) is 10.3. The van der Waals surface area contributed by atoms with Crippen molar-refractivity contribution in [2.75, 3.05) is 18.9 Å². The van der Waals surface area contributed by atoms with E-state index in [1.807, 2.05) is 48.5 Å². The highest BCUT2D eigenvalue weighted by atomic mass is 79.9. The lowest BCUT2D eigenvalue weighted by Crippen LogP contribution is -2.21. The van der Waals surface area contributed by atoms with Crippen molar-refractivity contribution in [1.82, 2.24) is 25.5 Å².